The van der Waals surface area contributed by atoms with Gasteiger partial charge in [0.05, 0.1) is 24.2 Å². The smallest absolute Gasteiger partial charge is 0.340 e. The van der Waals surface area contributed by atoms with Gasteiger partial charge in [0, 0.05) is 4.88 Å². The summed E-state index contributed by atoms with van der Waals surface area (Å²) in [5.74, 6) is -1.31. The van der Waals surface area contributed by atoms with Crippen molar-refractivity contribution >= 4 is 34.8 Å². The quantitative estimate of drug-likeness (QED) is 0.560. The second-order valence-corrected chi connectivity index (χ2v) is 7.22. The zero-order valence-corrected chi connectivity index (χ0v) is 16.4. The molecule has 1 aromatic heterocycles. The third-order valence-corrected chi connectivity index (χ3v) is 4.88. The van der Waals surface area contributed by atoms with Gasteiger partial charge in [0.1, 0.15) is 0 Å². The number of ether oxygens (including phenoxy) is 1. The number of carbonyl (C=O) groups is 3. The number of nitrogens with one attached hydrogen (secondary N) is 2. The summed E-state index contributed by atoms with van der Waals surface area (Å²) in [4.78, 5) is 37.6. The maximum absolute atomic E-state index is 12.4. The summed E-state index contributed by atoms with van der Waals surface area (Å²) in [6.45, 7) is -0.00329. The minimum atomic E-state index is -0.674. The standard InChI is InChI=1S/C22H20N2O4S/c25-20(13-16-7-2-1-3-8-16)24-19-11-5-4-10-18(19)22(27)28-15-21(26)23-14-17-9-6-12-29-17/h1-12H,13-15H2,(H,23,26)(H,24,25). The van der Waals surface area contributed by atoms with Crippen molar-refractivity contribution in [3.63, 3.8) is 0 Å². The number of hydrogen-bond acceptors (Lipinski definition) is 5. The fourth-order valence-corrected chi connectivity index (χ4v) is 3.25. The van der Waals surface area contributed by atoms with E-state index in [1.807, 2.05) is 47.8 Å². The summed E-state index contributed by atoms with van der Waals surface area (Å²) in [5, 5.41) is 7.34. The fraction of sp³-hybridized carbons (Fsp3) is 0.136. The van der Waals surface area contributed by atoms with Crippen LogP contribution < -0.4 is 10.6 Å². The van der Waals surface area contributed by atoms with E-state index < -0.39 is 18.5 Å². The molecule has 7 heteroatoms. The van der Waals surface area contributed by atoms with Crippen LogP contribution in [0.4, 0.5) is 5.69 Å². The number of esters is 1. The van der Waals surface area contributed by atoms with E-state index in [-0.39, 0.29) is 17.9 Å². The molecule has 0 fully saturated rings. The highest BCUT2D eigenvalue weighted by Gasteiger charge is 2.16. The highest BCUT2D eigenvalue weighted by Crippen LogP contribution is 2.17. The van der Waals surface area contributed by atoms with Crippen LogP contribution in [0.1, 0.15) is 20.8 Å². The van der Waals surface area contributed by atoms with E-state index in [1.54, 1.807) is 24.3 Å². The van der Waals surface area contributed by atoms with Crippen LogP contribution in [0.2, 0.25) is 0 Å². The average Bonchev–Trinajstić information content (AvgIpc) is 3.25. The first-order valence-corrected chi connectivity index (χ1v) is 9.89. The molecule has 0 bridgehead atoms. The van der Waals surface area contributed by atoms with E-state index in [2.05, 4.69) is 10.6 Å². The summed E-state index contributed by atoms with van der Waals surface area (Å²) in [6.07, 6.45) is 0.190. The van der Waals surface area contributed by atoms with Crippen LogP contribution in [-0.2, 0) is 27.3 Å². The zero-order chi connectivity index (χ0) is 20.5. The topological polar surface area (TPSA) is 84.5 Å². The Labute approximate surface area is 172 Å². The number of benzene rings is 2. The van der Waals surface area contributed by atoms with Gasteiger partial charge in [-0.1, -0.05) is 48.5 Å². The van der Waals surface area contributed by atoms with E-state index in [9.17, 15) is 14.4 Å². The molecule has 0 radical (unpaired) electrons. The van der Waals surface area contributed by atoms with E-state index in [4.69, 9.17) is 4.74 Å². The van der Waals surface area contributed by atoms with Gasteiger partial charge < -0.3 is 15.4 Å². The van der Waals surface area contributed by atoms with Crippen LogP contribution in [-0.4, -0.2) is 24.4 Å². The predicted molar refractivity (Wildman–Crippen MR) is 112 cm³/mol. The lowest BCUT2D eigenvalue weighted by atomic mass is 10.1. The third-order valence-electron chi connectivity index (χ3n) is 4.00. The monoisotopic (exact) mass is 408 g/mol. The van der Waals surface area contributed by atoms with Gasteiger partial charge in [-0.25, -0.2) is 4.79 Å². The van der Waals surface area contributed by atoms with Crippen LogP contribution in [0.5, 0.6) is 0 Å². The van der Waals surface area contributed by atoms with Crippen molar-refractivity contribution in [3.8, 4) is 0 Å². The Morgan fingerprint density at radius 2 is 1.62 bits per heavy atom. The molecule has 29 heavy (non-hydrogen) atoms. The minimum absolute atomic E-state index is 0.190. The third kappa shape index (κ3) is 6.29. The Bertz CT molecular complexity index is 971. The second kappa shape index (κ2) is 10.2. The Morgan fingerprint density at radius 3 is 2.38 bits per heavy atom. The van der Waals surface area contributed by atoms with Gasteiger partial charge in [0.2, 0.25) is 5.91 Å². The van der Waals surface area contributed by atoms with Gasteiger partial charge in [-0.3, -0.25) is 9.59 Å². The molecule has 0 saturated carbocycles. The molecule has 3 rings (SSSR count). The molecule has 0 aliphatic carbocycles. The van der Waals surface area contributed by atoms with E-state index in [0.717, 1.165) is 10.4 Å². The molecular formula is C22H20N2O4S. The van der Waals surface area contributed by atoms with E-state index >= 15 is 0 Å². The Balaban J connectivity index is 1.53. The average molecular weight is 408 g/mol. The Kier molecular flexibility index (Phi) is 7.13. The first-order valence-electron chi connectivity index (χ1n) is 9.01. The molecule has 3 aromatic rings. The van der Waals surface area contributed by atoms with Crippen LogP contribution in [0.25, 0.3) is 0 Å². The first kappa shape index (κ1) is 20.3. The zero-order valence-electron chi connectivity index (χ0n) is 15.6. The van der Waals surface area contributed by atoms with Gasteiger partial charge in [0.15, 0.2) is 6.61 Å². The molecule has 1 heterocycles. The molecule has 0 aliphatic heterocycles. The summed E-state index contributed by atoms with van der Waals surface area (Å²) >= 11 is 1.53. The van der Waals surface area contributed by atoms with Crippen LogP contribution >= 0.6 is 11.3 Å². The maximum atomic E-state index is 12.4. The van der Waals surface area contributed by atoms with Crippen molar-refractivity contribution < 1.29 is 19.1 Å². The molecule has 2 amide bonds. The van der Waals surface area contributed by atoms with Crippen molar-refractivity contribution in [2.24, 2.45) is 0 Å². The van der Waals surface area contributed by atoms with Crippen molar-refractivity contribution in [1.29, 1.82) is 0 Å². The molecule has 0 saturated heterocycles. The van der Waals surface area contributed by atoms with E-state index in [1.165, 1.54) is 11.3 Å². The van der Waals surface area contributed by atoms with Crippen LogP contribution in [0, 0.1) is 0 Å². The Hall–Kier alpha value is -3.45. The number of hydrogen-bond donors (Lipinski definition) is 2. The molecule has 0 spiro atoms. The van der Waals surface area contributed by atoms with Gasteiger partial charge in [-0.15, -0.1) is 11.3 Å². The summed E-state index contributed by atoms with van der Waals surface area (Å²) in [5.41, 5.74) is 1.41. The van der Waals surface area contributed by atoms with Gasteiger partial charge in [-0.05, 0) is 29.1 Å². The summed E-state index contributed by atoms with van der Waals surface area (Å²) in [6, 6.07) is 19.7. The van der Waals surface area contributed by atoms with Crippen molar-refractivity contribution in [2.75, 3.05) is 11.9 Å². The van der Waals surface area contributed by atoms with Crippen LogP contribution in [0.3, 0.4) is 0 Å². The number of anilines is 1. The molecular weight excluding hydrogens is 388 g/mol. The SMILES string of the molecule is O=C(COC(=O)c1ccccc1NC(=O)Cc1ccccc1)NCc1cccs1. The molecule has 6 nitrogen and oxygen atoms in total. The number of rotatable bonds is 8. The lowest BCUT2D eigenvalue weighted by Gasteiger charge is -2.11. The molecule has 2 aromatic carbocycles. The van der Waals surface area contributed by atoms with Crippen molar-refractivity contribution in [2.45, 2.75) is 13.0 Å². The highest BCUT2D eigenvalue weighted by molar-refractivity contribution is 7.09. The molecule has 0 unspecified atom stereocenters. The van der Waals surface area contributed by atoms with Gasteiger partial charge in [0.25, 0.3) is 5.91 Å². The molecule has 2 N–H and O–H groups in total. The predicted octanol–water partition coefficient (Wildman–Crippen LogP) is 3.40. The maximum Gasteiger partial charge on any atom is 0.340 e. The second-order valence-electron chi connectivity index (χ2n) is 6.19. The van der Waals surface area contributed by atoms with Gasteiger partial charge in [-0.2, -0.15) is 0 Å². The Morgan fingerprint density at radius 1 is 0.862 bits per heavy atom. The van der Waals surface area contributed by atoms with Crippen molar-refractivity contribution in [1.82, 2.24) is 5.32 Å². The molecule has 148 valence electrons. The number of para-hydroxylation sites is 1. The number of thiophene rings is 1. The first-order chi connectivity index (χ1) is 14.1. The lowest BCUT2D eigenvalue weighted by Crippen LogP contribution is -2.28. The largest absolute Gasteiger partial charge is 0.452 e. The van der Waals surface area contributed by atoms with Crippen LogP contribution in [0.15, 0.2) is 72.1 Å². The molecule has 0 aliphatic rings. The summed E-state index contributed by atoms with van der Waals surface area (Å²) < 4.78 is 5.10. The summed E-state index contributed by atoms with van der Waals surface area (Å²) in [7, 11) is 0. The molecule has 0 atom stereocenters. The lowest BCUT2D eigenvalue weighted by molar-refractivity contribution is -0.124. The number of amides is 2. The normalized spacial score (nSPS) is 10.2. The minimum Gasteiger partial charge on any atom is -0.452 e. The fourth-order valence-electron chi connectivity index (χ4n) is 2.60. The highest BCUT2D eigenvalue weighted by atomic mass is 32.1. The van der Waals surface area contributed by atoms with E-state index in [0.29, 0.717) is 12.2 Å². The van der Waals surface area contributed by atoms with Gasteiger partial charge >= 0.3 is 5.97 Å². The number of carbonyl (C=O) groups excluding carboxylic acids is 3. The van der Waals surface area contributed by atoms with Crippen molar-refractivity contribution in [3.05, 3.63) is 88.1 Å².